The van der Waals surface area contributed by atoms with Crippen molar-refractivity contribution < 1.29 is 24.1 Å². The van der Waals surface area contributed by atoms with Gasteiger partial charge in [-0.1, -0.05) is 60.8 Å². The molecule has 1 aliphatic heterocycles. The quantitative estimate of drug-likeness (QED) is 0.319. The Labute approximate surface area is 208 Å². The molecule has 8 nitrogen and oxygen atoms in total. The predicted molar refractivity (Wildman–Crippen MR) is 134 cm³/mol. The molecule has 1 saturated heterocycles. The summed E-state index contributed by atoms with van der Waals surface area (Å²) >= 11 is 1.65. The highest BCUT2D eigenvalue weighted by molar-refractivity contribution is 7.99. The maximum atomic E-state index is 11.8. The van der Waals surface area contributed by atoms with Gasteiger partial charge in [0.05, 0.1) is 18.8 Å². The number of aryl methyl sites for hydroxylation is 1. The lowest BCUT2D eigenvalue weighted by Crippen LogP contribution is -2.31. The summed E-state index contributed by atoms with van der Waals surface area (Å²) in [6.45, 7) is 3.67. The van der Waals surface area contributed by atoms with E-state index in [1.54, 1.807) is 30.1 Å². The van der Waals surface area contributed by atoms with Crippen molar-refractivity contribution in [3.63, 3.8) is 0 Å². The molecule has 1 aromatic heterocycles. The first-order chi connectivity index (χ1) is 17.1. The van der Waals surface area contributed by atoms with Gasteiger partial charge in [0.1, 0.15) is 6.61 Å². The largest absolute Gasteiger partial charge is 0.445 e. The Morgan fingerprint density at radius 3 is 2.63 bits per heavy atom. The number of aromatic nitrogens is 2. The number of amides is 1. The molecular weight excluding hydrogens is 466 g/mol. The third-order valence-corrected chi connectivity index (χ3v) is 6.74. The molecule has 3 aromatic rings. The van der Waals surface area contributed by atoms with Crippen LogP contribution in [-0.2, 0) is 27.9 Å². The van der Waals surface area contributed by atoms with E-state index in [1.807, 2.05) is 54.2 Å². The number of aliphatic hydroxyl groups is 1. The number of carbonyl (C=O) groups is 1. The van der Waals surface area contributed by atoms with Gasteiger partial charge in [0, 0.05) is 42.9 Å². The smallest absolute Gasteiger partial charge is 0.411 e. The van der Waals surface area contributed by atoms with Crippen molar-refractivity contribution in [2.24, 2.45) is 7.05 Å². The minimum atomic E-state index is -0.569. The Bertz CT molecular complexity index is 1120. The zero-order valence-corrected chi connectivity index (χ0v) is 20.3. The number of benzene rings is 2. The van der Waals surface area contributed by atoms with Gasteiger partial charge >= 0.3 is 6.09 Å². The number of hydrogen-bond acceptors (Lipinski definition) is 7. The second-order valence-corrected chi connectivity index (χ2v) is 9.10. The van der Waals surface area contributed by atoms with Crippen molar-refractivity contribution >= 4 is 23.5 Å². The van der Waals surface area contributed by atoms with Crippen molar-refractivity contribution in [3.8, 4) is 0 Å². The fourth-order valence-corrected chi connectivity index (χ4v) is 4.64. The van der Waals surface area contributed by atoms with Crippen molar-refractivity contribution in [2.75, 3.05) is 17.7 Å². The molecule has 1 fully saturated rings. The lowest BCUT2D eigenvalue weighted by Gasteiger charge is -2.36. The number of ether oxygens (including phenoxy) is 3. The van der Waals surface area contributed by atoms with Crippen molar-refractivity contribution in [2.45, 2.75) is 36.7 Å². The first-order valence-corrected chi connectivity index (χ1v) is 12.3. The van der Waals surface area contributed by atoms with Crippen LogP contribution in [-0.4, -0.2) is 39.2 Å². The number of nitrogens with one attached hydrogen (secondary N) is 1. The first kappa shape index (κ1) is 25.0. The van der Waals surface area contributed by atoms with E-state index >= 15 is 0 Å². The van der Waals surface area contributed by atoms with E-state index in [-0.39, 0.29) is 25.4 Å². The number of aliphatic hydroxyl groups excluding tert-OH is 1. The molecule has 4 rings (SSSR count). The van der Waals surface area contributed by atoms with Gasteiger partial charge < -0.3 is 23.9 Å². The molecule has 35 heavy (non-hydrogen) atoms. The summed E-state index contributed by atoms with van der Waals surface area (Å²) in [5, 5.41) is 13.0. The molecule has 0 radical (unpaired) electrons. The zero-order valence-electron chi connectivity index (χ0n) is 19.5. The van der Waals surface area contributed by atoms with Gasteiger partial charge in [-0.05, 0) is 23.3 Å². The second-order valence-electron chi connectivity index (χ2n) is 8.12. The third kappa shape index (κ3) is 6.73. The van der Waals surface area contributed by atoms with Crippen molar-refractivity contribution in [3.05, 3.63) is 90.3 Å². The lowest BCUT2D eigenvalue weighted by atomic mass is 10.0. The Balaban J connectivity index is 1.48. The van der Waals surface area contributed by atoms with Crippen molar-refractivity contribution in [1.82, 2.24) is 9.55 Å². The van der Waals surface area contributed by atoms with Crippen LogP contribution in [0.1, 0.15) is 35.5 Å². The number of hydrogen-bond donors (Lipinski definition) is 2. The molecule has 184 valence electrons. The highest BCUT2D eigenvalue weighted by Crippen LogP contribution is 2.39. The number of thioether (sulfide) groups is 1. The van der Waals surface area contributed by atoms with E-state index in [0.717, 1.165) is 27.6 Å². The third-order valence-electron chi connectivity index (χ3n) is 5.55. The standard InChI is InChI=1S/C26H29N3O5S/c1-3-14-32-26(31)28-21-10-8-20(9-11-21)24-33-22(17-35-25-27-12-13-29(25)2)15-23(34-24)19-6-4-18(16-30)5-7-19/h3-13,22-24,30H,1,14-17H2,2H3,(H,28,31)/t22-,23+,24+/m0/s1. The Morgan fingerprint density at radius 2 is 1.97 bits per heavy atom. The Morgan fingerprint density at radius 1 is 1.23 bits per heavy atom. The molecule has 0 aliphatic carbocycles. The van der Waals surface area contributed by atoms with E-state index in [0.29, 0.717) is 12.1 Å². The van der Waals surface area contributed by atoms with Crippen LogP contribution in [0.4, 0.5) is 10.5 Å². The number of carbonyl (C=O) groups excluding carboxylic acids is 1. The van der Waals surface area contributed by atoms with E-state index in [2.05, 4.69) is 16.9 Å². The maximum Gasteiger partial charge on any atom is 0.411 e. The molecule has 1 amide bonds. The van der Waals surface area contributed by atoms with Gasteiger partial charge in [-0.25, -0.2) is 9.78 Å². The minimum Gasteiger partial charge on any atom is -0.445 e. The SMILES string of the molecule is C=CCOC(=O)Nc1ccc([C@@H]2O[C@H](CSc3nccn3C)C[C@H](c3ccc(CO)cc3)O2)cc1. The molecule has 1 aliphatic rings. The molecule has 2 heterocycles. The molecule has 9 heteroatoms. The van der Waals surface area contributed by atoms with Gasteiger partial charge in [-0.2, -0.15) is 0 Å². The van der Waals surface area contributed by atoms with E-state index in [4.69, 9.17) is 14.2 Å². The number of anilines is 1. The summed E-state index contributed by atoms with van der Waals surface area (Å²) in [7, 11) is 1.97. The Kier molecular flexibility index (Phi) is 8.59. The molecule has 2 N–H and O–H groups in total. The van der Waals surface area contributed by atoms with Crippen LogP contribution < -0.4 is 5.32 Å². The fraction of sp³-hybridized carbons (Fsp3) is 0.308. The lowest BCUT2D eigenvalue weighted by molar-refractivity contribution is -0.245. The van der Waals surface area contributed by atoms with Crippen LogP contribution in [0.3, 0.4) is 0 Å². The first-order valence-electron chi connectivity index (χ1n) is 11.3. The molecule has 0 spiro atoms. The van der Waals surface area contributed by atoms with Gasteiger partial charge in [-0.15, -0.1) is 0 Å². The van der Waals surface area contributed by atoms with Crippen LogP contribution in [0.5, 0.6) is 0 Å². The number of imidazole rings is 1. The predicted octanol–water partition coefficient (Wildman–Crippen LogP) is 4.98. The molecular formula is C26H29N3O5S. The van der Waals surface area contributed by atoms with E-state index in [1.165, 1.54) is 6.08 Å². The molecule has 2 aromatic carbocycles. The van der Waals surface area contributed by atoms with Gasteiger partial charge in [0.2, 0.25) is 0 Å². The summed E-state index contributed by atoms with van der Waals surface area (Å²) < 4.78 is 19.6. The van der Waals surface area contributed by atoms with Gasteiger partial charge in [0.25, 0.3) is 0 Å². The number of rotatable bonds is 9. The van der Waals surface area contributed by atoms with Crippen molar-refractivity contribution in [1.29, 1.82) is 0 Å². The summed E-state index contributed by atoms with van der Waals surface area (Å²) in [5.41, 5.74) is 3.34. The second kappa shape index (κ2) is 12.0. The highest BCUT2D eigenvalue weighted by atomic mass is 32.2. The Hall–Kier alpha value is -3.11. The van der Waals surface area contributed by atoms with E-state index < -0.39 is 12.4 Å². The summed E-state index contributed by atoms with van der Waals surface area (Å²) in [6, 6.07) is 15.1. The maximum absolute atomic E-state index is 11.8. The molecule has 0 unspecified atom stereocenters. The normalized spacial score (nSPS) is 19.8. The summed E-state index contributed by atoms with van der Waals surface area (Å²) in [6.07, 6.45) is 4.57. The van der Waals surface area contributed by atoms with Gasteiger partial charge in [0.15, 0.2) is 11.4 Å². The topological polar surface area (TPSA) is 94.8 Å². The van der Waals surface area contributed by atoms with Crippen LogP contribution in [0.25, 0.3) is 0 Å². The molecule has 0 saturated carbocycles. The zero-order chi connectivity index (χ0) is 24.6. The summed E-state index contributed by atoms with van der Waals surface area (Å²) in [4.78, 5) is 16.2. The number of nitrogens with zero attached hydrogens (tertiary/aromatic N) is 2. The summed E-state index contributed by atoms with van der Waals surface area (Å²) in [5.74, 6) is 0.727. The monoisotopic (exact) mass is 495 g/mol. The van der Waals surface area contributed by atoms with Gasteiger partial charge in [-0.3, -0.25) is 5.32 Å². The van der Waals surface area contributed by atoms with Crippen LogP contribution in [0.2, 0.25) is 0 Å². The average Bonchev–Trinajstić information content (AvgIpc) is 3.31. The van der Waals surface area contributed by atoms with Crippen LogP contribution in [0.15, 0.2) is 78.7 Å². The highest BCUT2D eigenvalue weighted by Gasteiger charge is 2.32. The average molecular weight is 496 g/mol. The van der Waals surface area contributed by atoms with Crippen LogP contribution >= 0.6 is 11.8 Å². The molecule has 0 bridgehead atoms. The fourth-order valence-electron chi connectivity index (χ4n) is 3.69. The van der Waals surface area contributed by atoms with E-state index in [9.17, 15) is 9.90 Å². The molecule has 3 atom stereocenters. The van der Waals surface area contributed by atoms with Crippen LogP contribution in [0, 0.1) is 0 Å². The minimum absolute atomic E-state index is 0.00197.